The molecular weight excluding hydrogens is 388 g/mol. The van der Waals surface area contributed by atoms with Crippen molar-refractivity contribution in [2.45, 2.75) is 31.3 Å². The number of Topliss-reactive ketones (excluding diaryl/α,β-unsaturated/α-hetero) is 1. The van der Waals surface area contributed by atoms with Gasteiger partial charge in [-0.1, -0.05) is 48.5 Å². The number of imidazole rings is 1. The Bertz CT molecular complexity index is 1200. The number of nitrogens with one attached hydrogen (secondary N) is 1. The lowest BCUT2D eigenvalue weighted by Crippen LogP contribution is -2.37. The molecule has 1 aliphatic heterocycles. The Labute approximate surface area is 180 Å². The summed E-state index contributed by atoms with van der Waals surface area (Å²) in [6, 6.07) is 17.8. The summed E-state index contributed by atoms with van der Waals surface area (Å²) in [5.41, 5.74) is 3.02. The number of hydrogen-bond acceptors (Lipinski definition) is 3. The number of H-pyrrole nitrogens is 1. The number of para-hydroxylation sites is 1. The van der Waals surface area contributed by atoms with Crippen LogP contribution in [0.25, 0.3) is 10.9 Å². The van der Waals surface area contributed by atoms with Gasteiger partial charge in [0.05, 0.1) is 18.3 Å². The smallest absolute Gasteiger partial charge is 0.290 e. The topological polar surface area (TPSA) is 71.0 Å². The van der Waals surface area contributed by atoms with Gasteiger partial charge in [-0.05, 0) is 30.0 Å². The predicted octanol–water partition coefficient (Wildman–Crippen LogP) is 3.56. The molecule has 1 fully saturated rings. The third kappa shape index (κ3) is 3.65. The molecule has 1 N–H and O–H groups in total. The average Bonchev–Trinajstić information content (AvgIpc) is 3.51. The van der Waals surface area contributed by atoms with Crippen molar-refractivity contribution < 1.29 is 9.59 Å². The van der Waals surface area contributed by atoms with E-state index in [4.69, 9.17) is 0 Å². The van der Waals surface area contributed by atoms with Gasteiger partial charge < -0.3 is 14.5 Å². The molecule has 31 heavy (non-hydrogen) atoms. The summed E-state index contributed by atoms with van der Waals surface area (Å²) in [5.74, 6) is -1.16. The number of rotatable bonds is 7. The Kier molecular flexibility index (Phi) is 5.12. The summed E-state index contributed by atoms with van der Waals surface area (Å²) in [7, 11) is 0. The predicted molar refractivity (Wildman–Crippen MR) is 119 cm³/mol. The number of nitrogens with zero attached hydrogens (tertiary/aromatic N) is 3. The molecule has 0 radical (unpaired) electrons. The summed E-state index contributed by atoms with van der Waals surface area (Å²) in [5, 5.41) is 1.01. The van der Waals surface area contributed by atoms with Crippen molar-refractivity contribution in [2.75, 3.05) is 6.54 Å². The number of carbonyl (C=O) groups is 2. The fourth-order valence-electron chi connectivity index (χ4n) is 4.67. The van der Waals surface area contributed by atoms with E-state index in [-0.39, 0.29) is 17.7 Å². The minimum Gasteiger partial charge on any atom is -0.361 e. The summed E-state index contributed by atoms with van der Waals surface area (Å²) in [4.78, 5) is 35.4. The van der Waals surface area contributed by atoms with Gasteiger partial charge in [-0.25, -0.2) is 4.98 Å². The number of aromatic nitrogens is 3. The van der Waals surface area contributed by atoms with Gasteiger partial charge in [-0.3, -0.25) is 9.59 Å². The van der Waals surface area contributed by atoms with E-state index in [1.165, 1.54) is 0 Å². The summed E-state index contributed by atoms with van der Waals surface area (Å²) < 4.78 is 1.99. The molecule has 3 heterocycles. The molecule has 0 aliphatic carbocycles. The van der Waals surface area contributed by atoms with Crippen molar-refractivity contribution in [3.8, 4) is 0 Å². The number of fused-ring (bicyclic) bond motifs is 1. The van der Waals surface area contributed by atoms with Crippen LogP contribution in [0.3, 0.4) is 0 Å². The third-order valence-electron chi connectivity index (χ3n) is 6.16. The monoisotopic (exact) mass is 412 g/mol. The Balaban J connectivity index is 1.47. The van der Waals surface area contributed by atoms with Crippen LogP contribution in [0.4, 0.5) is 0 Å². The summed E-state index contributed by atoms with van der Waals surface area (Å²) in [6.07, 6.45) is 8.73. The van der Waals surface area contributed by atoms with Gasteiger partial charge in [-0.2, -0.15) is 0 Å². The van der Waals surface area contributed by atoms with Crippen LogP contribution < -0.4 is 0 Å². The molecular formula is C25H24N4O2. The quantitative estimate of drug-likeness (QED) is 0.472. The highest BCUT2D eigenvalue weighted by Gasteiger charge is 2.48. The average molecular weight is 412 g/mol. The van der Waals surface area contributed by atoms with E-state index in [1.54, 1.807) is 17.4 Å². The van der Waals surface area contributed by atoms with Crippen LogP contribution in [0.2, 0.25) is 0 Å². The largest absolute Gasteiger partial charge is 0.361 e. The van der Waals surface area contributed by atoms with Crippen LogP contribution >= 0.6 is 0 Å². The van der Waals surface area contributed by atoms with E-state index in [2.05, 4.69) is 22.1 Å². The van der Waals surface area contributed by atoms with Crippen molar-refractivity contribution in [3.05, 3.63) is 90.6 Å². The third-order valence-corrected chi connectivity index (χ3v) is 6.16. The maximum Gasteiger partial charge on any atom is 0.290 e. The van der Waals surface area contributed by atoms with Crippen molar-refractivity contribution in [2.24, 2.45) is 0 Å². The molecule has 0 spiro atoms. The molecule has 5 rings (SSSR count). The lowest BCUT2D eigenvalue weighted by molar-refractivity contribution is -0.140. The van der Waals surface area contributed by atoms with E-state index in [0.717, 1.165) is 35.0 Å². The first-order valence-electron chi connectivity index (χ1n) is 10.6. The highest BCUT2D eigenvalue weighted by Crippen LogP contribution is 2.37. The molecule has 6 nitrogen and oxygen atoms in total. The molecule has 1 saturated heterocycles. The molecule has 4 aromatic rings. The fourth-order valence-corrected chi connectivity index (χ4v) is 4.67. The second-order valence-corrected chi connectivity index (χ2v) is 8.04. The van der Waals surface area contributed by atoms with Gasteiger partial charge >= 0.3 is 0 Å². The first kappa shape index (κ1) is 19.3. The summed E-state index contributed by atoms with van der Waals surface area (Å²) in [6.45, 7) is 1.30. The van der Waals surface area contributed by atoms with Gasteiger partial charge in [0.15, 0.2) is 0 Å². The van der Waals surface area contributed by atoms with Crippen molar-refractivity contribution in [3.63, 3.8) is 0 Å². The number of ketones is 1. The molecule has 1 amide bonds. The zero-order chi connectivity index (χ0) is 21.2. The Morgan fingerprint density at radius 1 is 0.968 bits per heavy atom. The van der Waals surface area contributed by atoms with E-state index >= 15 is 0 Å². The van der Waals surface area contributed by atoms with Crippen LogP contribution in [0, 0.1) is 0 Å². The minimum absolute atomic E-state index is 0.204. The van der Waals surface area contributed by atoms with Crippen LogP contribution in [-0.4, -0.2) is 43.7 Å². The molecule has 2 aromatic heterocycles. The lowest BCUT2D eigenvalue weighted by Gasteiger charge is -2.27. The van der Waals surface area contributed by atoms with E-state index in [9.17, 15) is 9.59 Å². The van der Waals surface area contributed by atoms with Crippen LogP contribution in [-0.2, 0) is 22.6 Å². The van der Waals surface area contributed by atoms with Gasteiger partial charge in [0.1, 0.15) is 0 Å². The zero-order valence-corrected chi connectivity index (χ0v) is 17.1. The highest BCUT2D eigenvalue weighted by molar-refractivity contribution is 6.40. The Morgan fingerprint density at radius 3 is 2.58 bits per heavy atom. The number of aryl methyl sites for hydroxylation is 1. The van der Waals surface area contributed by atoms with Gasteiger partial charge in [0.2, 0.25) is 5.78 Å². The zero-order valence-electron chi connectivity index (χ0n) is 17.1. The van der Waals surface area contributed by atoms with Crippen LogP contribution in [0.15, 0.2) is 79.5 Å². The standard InChI is InChI=1S/C25H24N4O2/c30-24-23(20-16-27-21-10-5-4-9-19(20)21)22(15-18-7-2-1-3-8-18)29(25(24)31)13-6-12-28-14-11-26-17-28/h1-5,7-11,14,16-17,22-23,27H,6,12-13,15H2. The molecule has 0 saturated carbocycles. The number of amides is 1. The number of carbonyl (C=O) groups excluding carboxylic acids is 2. The van der Waals surface area contributed by atoms with E-state index in [0.29, 0.717) is 13.0 Å². The second-order valence-electron chi connectivity index (χ2n) is 8.04. The number of aromatic amines is 1. The molecule has 6 heteroatoms. The number of benzene rings is 2. The van der Waals surface area contributed by atoms with Crippen LogP contribution in [0.1, 0.15) is 23.5 Å². The molecule has 2 aromatic carbocycles. The number of likely N-dealkylation sites (tertiary alicyclic amines) is 1. The van der Waals surface area contributed by atoms with Gasteiger partial charge in [-0.15, -0.1) is 0 Å². The van der Waals surface area contributed by atoms with Gasteiger partial charge in [0, 0.05) is 42.6 Å². The van der Waals surface area contributed by atoms with Crippen molar-refractivity contribution in [1.82, 2.24) is 19.4 Å². The Morgan fingerprint density at radius 2 is 1.77 bits per heavy atom. The maximum absolute atomic E-state index is 13.2. The molecule has 156 valence electrons. The molecule has 2 unspecified atom stereocenters. The lowest BCUT2D eigenvalue weighted by atomic mass is 9.87. The molecule has 1 aliphatic rings. The molecule has 2 atom stereocenters. The minimum atomic E-state index is -0.475. The normalized spacial score (nSPS) is 18.9. The van der Waals surface area contributed by atoms with Crippen molar-refractivity contribution in [1.29, 1.82) is 0 Å². The number of hydrogen-bond donors (Lipinski definition) is 1. The fraction of sp³-hybridized carbons (Fsp3) is 0.240. The first-order chi connectivity index (χ1) is 15.2. The SMILES string of the molecule is O=C1C(=O)N(CCCn2ccnc2)C(Cc2ccccc2)C1c1c[nH]c2ccccc12. The van der Waals surface area contributed by atoms with E-state index < -0.39 is 5.92 Å². The highest BCUT2D eigenvalue weighted by atomic mass is 16.2. The van der Waals surface area contributed by atoms with Gasteiger partial charge in [0.25, 0.3) is 5.91 Å². The van der Waals surface area contributed by atoms with E-state index in [1.807, 2.05) is 59.4 Å². The summed E-state index contributed by atoms with van der Waals surface area (Å²) >= 11 is 0. The molecule has 0 bridgehead atoms. The maximum atomic E-state index is 13.2. The Hall–Kier alpha value is -3.67. The van der Waals surface area contributed by atoms with Crippen LogP contribution in [0.5, 0.6) is 0 Å². The second kappa shape index (κ2) is 8.22. The first-order valence-corrected chi connectivity index (χ1v) is 10.6. The van der Waals surface area contributed by atoms with Crippen molar-refractivity contribution >= 4 is 22.6 Å².